The summed E-state index contributed by atoms with van der Waals surface area (Å²) >= 11 is 0. The van der Waals surface area contributed by atoms with Gasteiger partial charge < -0.3 is 0 Å². The first-order chi connectivity index (χ1) is 11.6. The average molecular weight is 349 g/mol. The summed E-state index contributed by atoms with van der Waals surface area (Å²) in [5.74, 6) is 0. The zero-order chi connectivity index (χ0) is 18.0. The van der Waals surface area contributed by atoms with Gasteiger partial charge in [-0.2, -0.15) is 0 Å². The first-order valence-electron chi connectivity index (χ1n) is 10.5. The van der Waals surface area contributed by atoms with Gasteiger partial charge in [0.2, 0.25) is 0 Å². The lowest BCUT2D eigenvalue weighted by molar-refractivity contribution is -0.128. The van der Waals surface area contributed by atoms with E-state index >= 15 is 0 Å². The van der Waals surface area contributed by atoms with Gasteiger partial charge >= 0.3 is 0 Å². The van der Waals surface area contributed by atoms with Gasteiger partial charge in [0.1, 0.15) is 0 Å². The molecule has 0 aliphatic carbocycles. The van der Waals surface area contributed by atoms with Gasteiger partial charge in [0, 0.05) is 62.4 Å². The molecule has 144 valence electrons. The van der Waals surface area contributed by atoms with Crippen molar-refractivity contribution in [1.29, 1.82) is 0 Å². The molecule has 0 N–H and O–H groups in total. The Hall–Kier alpha value is -0.160. The van der Waals surface area contributed by atoms with Crippen LogP contribution in [0.1, 0.15) is 54.4 Å². The zero-order valence-corrected chi connectivity index (χ0v) is 17.5. The lowest BCUT2D eigenvalue weighted by Gasteiger charge is -2.62. The molecule has 4 heteroatoms. The van der Waals surface area contributed by atoms with Crippen molar-refractivity contribution in [2.75, 3.05) is 52.4 Å². The van der Waals surface area contributed by atoms with Gasteiger partial charge in [0.05, 0.1) is 0 Å². The highest BCUT2D eigenvalue weighted by molar-refractivity contribution is 5.06. The zero-order valence-electron chi connectivity index (χ0n) is 17.5. The van der Waals surface area contributed by atoms with E-state index < -0.39 is 0 Å². The summed E-state index contributed by atoms with van der Waals surface area (Å²) in [7, 11) is 0. The fourth-order valence-corrected chi connectivity index (χ4v) is 5.22. The molecule has 4 rings (SSSR count). The third-order valence-electron chi connectivity index (χ3n) is 7.59. The summed E-state index contributed by atoms with van der Waals surface area (Å²) in [6, 6.07) is 1.68. The van der Waals surface area contributed by atoms with Crippen LogP contribution in [0.3, 0.4) is 0 Å². The lowest BCUT2D eigenvalue weighted by atomic mass is 9.70. The van der Waals surface area contributed by atoms with Crippen LogP contribution in [-0.2, 0) is 0 Å². The molecule has 0 amide bonds. The summed E-state index contributed by atoms with van der Waals surface area (Å²) in [5.41, 5.74) is 1.38. The van der Waals surface area contributed by atoms with E-state index in [1.165, 1.54) is 65.2 Å². The average Bonchev–Trinajstić information content (AvgIpc) is 2.31. The van der Waals surface area contributed by atoms with E-state index in [4.69, 9.17) is 0 Å². The molecule has 0 radical (unpaired) electrons. The minimum absolute atomic E-state index is 0.353. The highest BCUT2D eigenvalue weighted by Gasteiger charge is 2.51. The smallest absolute Gasteiger partial charge is 0.0351 e. The molecule has 1 spiro atoms. The van der Waals surface area contributed by atoms with Crippen molar-refractivity contribution in [2.45, 2.75) is 77.5 Å². The van der Waals surface area contributed by atoms with E-state index in [1.54, 1.807) is 0 Å². The molecule has 0 atom stereocenters. The van der Waals surface area contributed by atoms with Crippen LogP contribution < -0.4 is 0 Å². The minimum atomic E-state index is 0.353. The van der Waals surface area contributed by atoms with Crippen molar-refractivity contribution >= 4 is 0 Å². The van der Waals surface area contributed by atoms with Crippen LogP contribution >= 0.6 is 0 Å². The fraction of sp³-hybridized carbons (Fsp3) is 1.00. The molecule has 25 heavy (non-hydrogen) atoms. The molecule has 4 saturated heterocycles. The molecule has 4 aliphatic rings. The Kier molecular flexibility index (Phi) is 4.31. The van der Waals surface area contributed by atoms with Crippen LogP contribution in [0, 0.1) is 5.41 Å². The van der Waals surface area contributed by atoms with Gasteiger partial charge in [-0.3, -0.25) is 19.6 Å². The molecular weight excluding hydrogens is 308 g/mol. The third-order valence-corrected chi connectivity index (χ3v) is 7.59. The summed E-state index contributed by atoms with van der Waals surface area (Å²) in [5, 5.41) is 0. The van der Waals surface area contributed by atoms with Crippen LogP contribution in [-0.4, -0.2) is 95.1 Å². The topological polar surface area (TPSA) is 13.0 Å². The Morgan fingerprint density at radius 1 is 0.640 bits per heavy atom. The van der Waals surface area contributed by atoms with E-state index in [9.17, 15) is 0 Å². The van der Waals surface area contributed by atoms with Gasteiger partial charge in [-0.05, 0) is 72.9 Å². The molecule has 0 aromatic rings. The van der Waals surface area contributed by atoms with E-state index in [0.717, 1.165) is 12.1 Å². The summed E-state index contributed by atoms with van der Waals surface area (Å²) in [6.45, 7) is 24.7. The van der Waals surface area contributed by atoms with Gasteiger partial charge in [-0.15, -0.1) is 0 Å². The highest BCUT2D eigenvalue weighted by Crippen LogP contribution is 2.44. The Bertz CT molecular complexity index is 475. The van der Waals surface area contributed by atoms with Crippen LogP contribution in [0.2, 0.25) is 0 Å². The van der Waals surface area contributed by atoms with Crippen molar-refractivity contribution < 1.29 is 0 Å². The number of nitrogens with zero attached hydrogens (tertiary/aromatic N) is 4. The van der Waals surface area contributed by atoms with Crippen LogP contribution in [0.5, 0.6) is 0 Å². The molecular formula is C21H40N4. The Morgan fingerprint density at radius 2 is 1.04 bits per heavy atom. The van der Waals surface area contributed by atoms with Gasteiger partial charge in [-0.25, -0.2) is 0 Å². The van der Waals surface area contributed by atoms with Crippen LogP contribution in [0.25, 0.3) is 0 Å². The Labute approximate surface area is 155 Å². The van der Waals surface area contributed by atoms with Crippen molar-refractivity contribution in [3.63, 3.8) is 0 Å². The summed E-state index contributed by atoms with van der Waals surface area (Å²) in [4.78, 5) is 10.8. The van der Waals surface area contributed by atoms with Crippen LogP contribution in [0.15, 0.2) is 0 Å². The minimum Gasteiger partial charge on any atom is -0.298 e. The summed E-state index contributed by atoms with van der Waals surface area (Å²) in [6.07, 6.45) is 2.87. The van der Waals surface area contributed by atoms with Crippen molar-refractivity contribution in [3.05, 3.63) is 0 Å². The van der Waals surface area contributed by atoms with E-state index in [0.29, 0.717) is 16.5 Å². The quantitative estimate of drug-likeness (QED) is 0.759. The maximum Gasteiger partial charge on any atom is 0.0351 e. The van der Waals surface area contributed by atoms with E-state index in [-0.39, 0.29) is 0 Å². The number of hydrogen-bond donors (Lipinski definition) is 0. The van der Waals surface area contributed by atoms with Gasteiger partial charge in [0.15, 0.2) is 0 Å². The maximum atomic E-state index is 2.79. The first-order valence-corrected chi connectivity index (χ1v) is 10.5. The molecule has 0 aromatic heterocycles. The van der Waals surface area contributed by atoms with E-state index in [1.807, 2.05) is 0 Å². The normalized spacial score (nSPS) is 31.0. The van der Waals surface area contributed by atoms with E-state index in [2.05, 4.69) is 61.1 Å². The van der Waals surface area contributed by atoms with Crippen LogP contribution in [0.4, 0.5) is 0 Å². The molecule has 0 unspecified atom stereocenters. The first kappa shape index (κ1) is 18.2. The second-order valence-electron chi connectivity index (χ2n) is 11.4. The molecule has 0 aromatic carbocycles. The number of piperidine rings is 1. The molecule has 4 fully saturated rings. The highest BCUT2D eigenvalue weighted by atomic mass is 15.4. The Morgan fingerprint density at radius 3 is 1.44 bits per heavy atom. The largest absolute Gasteiger partial charge is 0.298 e. The van der Waals surface area contributed by atoms with Crippen molar-refractivity contribution in [3.8, 4) is 0 Å². The van der Waals surface area contributed by atoms with Gasteiger partial charge in [0.25, 0.3) is 0 Å². The summed E-state index contributed by atoms with van der Waals surface area (Å²) < 4.78 is 0. The molecule has 4 heterocycles. The fourth-order valence-electron chi connectivity index (χ4n) is 5.22. The Balaban J connectivity index is 1.18. The molecule has 0 saturated carbocycles. The maximum absolute atomic E-state index is 2.79. The predicted octanol–water partition coefficient (Wildman–Crippen LogP) is 2.35. The number of rotatable bonds is 2. The number of hydrogen-bond acceptors (Lipinski definition) is 4. The standard InChI is InChI=1S/C21H40N4/c1-19(2,3)24-11-17(12-24)22-9-7-21(8-10-22)15-23(16-21)18-13-25(14-18)20(4,5)6/h17-18H,7-16H2,1-6H3. The lowest BCUT2D eigenvalue weighted by Crippen LogP contribution is -2.73. The molecule has 4 nitrogen and oxygen atoms in total. The number of likely N-dealkylation sites (tertiary alicyclic amines) is 4. The monoisotopic (exact) mass is 348 g/mol. The SMILES string of the molecule is CC(C)(C)N1CC(N2CCC3(CC2)CN(C2CN(C(C)(C)C)C2)C3)C1. The molecule has 0 bridgehead atoms. The second kappa shape index (κ2) is 5.92. The third kappa shape index (κ3) is 3.40. The second-order valence-corrected chi connectivity index (χ2v) is 11.4. The van der Waals surface area contributed by atoms with Crippen molar-refractivity contribution in [2.24, 2.45) is 5.41 Å². The van der Waals surface area contributed by atoms with Gasteiger partial charge in [-0.1, -0.05) is 0 Å². The van der Waals surface area contributed by atoms with Crippen molar-refractivity contribution in [1.82, 2.24) is 19.6 Å². The molecule has 4 aliphatic heterocycles. The predicted molar refractivity (Wildman–Crippen MR) is 105 cm³/mol.